The van der Waals surface area contributed by atoms with Crippen molar-refractivity contribution in [2.24, 2.45) is 0 Å². The molecular weight excluding hydrogens is 272 g/mol. The Morgan fingerprint density at radius 1 is 0.824 bits per heavy atom. The van der Waals surface area contributed by atoms with Crippen LogP contribution in [0.4, 0.5) is 0 Å². The number of hydrogen-bond acceptors (Lipinski definition) is 4. The predicted octanol–water partition coefficient (Wildman–Crippen LogP) is 2.83. The first-order valence-corrected chi connectivity index (χ1v) is 7.37. The van der Waals surface area contributed by atoms with Crippen LogP contribution >= 0.6 is 24.4 Å². The summed E-state index contributed by atoms with van der Waals surface area (Å²) in [7, 11) is -3.40. The van der Waals surface area contributed by atoms with Crippen molar-refractivity contribution in [3.05, 3.63) is 46.3 Å². The highest BCUT2D eigenvalue weighted by Gasteiger charge is 2.22. The zero-order valence-corrected chi connectivity index (χ0v) is 11.4. The summed E-state index contributed by atoms with van der Waals surface area (Å²) in [6.45, 7) is 0. The molecule has 0 saturated carbocycles. The maximum absolute atomic E-state index is 12.2. The minimum atomic E-state index is -3.40. The molecule has 0 spiro atoms. The molecule has 0 heterocycles. The Balaban J connectivity index is 2.33. The Hall–Kier alpha value is -0.910. The monoisotopic (exact) mass is 282 g/mol. The molecular formula is C12H10O2S3. The van der Waals surface area contributed by atoms with Gasteiger partial charge in [-0.2, -0.15) is 0 Å². The molecule has 17 heavy (non-hydrogen) atoms. The lowest BCUT2D eigenvalue weighted by Crippen LogP contribution is -2.10. The first kappa shape index (κ1) is 12.5. The highest BCUT2D eigenvalue weighted by atomic mass is 32.2. The third-order valence-electron chi connectivity index (χ3n) is 2.50. The van der Waals surface area contributed by atoms with Crippen LogP contribution in [0.15, 0.2) is 46.3 Å². The van der Waals surface area contributed by atoms with Gasteiger partial charge < -0.3 is 0 Å². The zero-order valence-electron chi connectivity index (χ0n) is 8.92. The lowest BCUT2D eigenvalue weighted by Gasteiger charge is -2.12. The van der Waals surface area contributed by atoms with E-state index in [0.717, 1.165) is 9.73 Å². The molecule has 88 valence electrons. The van der Waals surface area contributed by atoms with Crippen molar-refractivity contribution in [2.75, 3.05) is 0 Å². The van der Waals surface area contributed by atoms with Gasteiger partial charge >= 0.3 is 0 Å². The fourth-order valence-electron chi connectivity index (χ4n) is 1.56. The van der Waals surface area contributed by atoms with Gasteiger partial charge in [-0.3, -0.25) is 0 Å². The number of hydrogen-bond donors (Lipinski definition) is 0. The van der Waals surface area contributed by atoms with E-state index in [4.69, 9.17) is 24.4 Å². The molecule has 0 aromatic heterocycles. The van der Waals surface area contributed by atoms with Gasteiger partial charge in [-0.05, 0) is 24.3 Å². The summed E-state index contributed by atoms with van der Waals surface area (Å²) in [6, 6.07) is 0. The fourth-order valence-corrected chi connectivity index (χ4v) is 3.23. The molecule has 0 atom stereocenters. The van der Waals surface area contributed by atoms with Gasteiger partial charge in [-0.1, -0.05) is 36.6 Å². The lowest BCUT2D eigenvalue weighted by atomic mass is 10.2. The van der Waals surface area contributed by atoms with E-state index in [9.17, 15) is 8.42 Å². The molecule has 2 rings (SSSR count). The topological polar surface area (TPSA) is 34.1 Å². The third-order valence-corrected chi connectivity index (χ3v) is 4.95. The molecule has 0 fully saturated rings. The first-order valence-electron chi connectivity index (χ1n) is 5.07. The molecule has 0 radical (unpaired) electrons. The Kier molecular flexibility index (Phi) is 3.51. The number of rotatable bonds is 2. The van der Waals surface area contributed by atoms with Gasteiger partial charge in [0.2, 0.25) is 9.84 Å². The van der Waals surface area contributed by atoms with Crippen molar-refractivity contribution < 1.29 is 8.42 Å². The third kappa shape index (κ3) is 2.68. The number of sulfone groups is 1. The standard InChI is InChI=1S/C12H10O2S3/c13-17(14,11-5-1-9(15)2-6-11)12-7-3-10(16)4-8-12/h1,3,5-8H,2,4H2. The van der Waals surface area contributed by atoms with Crippen LogP contribution in [-0.2, 0) is 9.84 Å². The lowest BCUT2D eigenvalue weighted by molar-refractivity contribution is 0.609. The van der Waals surface area contributed by atoms with E-state index in [1.54, 1.807) is 36.5 Å². The fraction of sp³-hybridized carbons (Fsp3) is 0.167. The van der Waals surface area contributed by atoms with Gasteiger partial charge in [0, 0.05) is 22.6 Å². The van der Waals surface area contributed by atoms with Crippen molar-refractivity contribution in [2.45, 2.75) is 12.8 Å². The van der Waals surface area contributed by atoms with Crippen LogP contribution in [0.5, 0.6) is 0 Å². The van der Waals surface area contributed by atoms with Crippen LogP contribution in [0.3, 0.4) is 0 Å². The summed E-state index contributed by atoms with van der Waals surface area (Å²) in [4.78, 5) is 2.13. The van der Waals surface area contributed by atoms with E-state index in [1.165, 1.54) is 0 Å². The first-order chi connectivity index (χ1) is 8.00. The van der Waals surface area contributed by atoms with E-state index in [0.29, 0.717) is 22.7 Å². The predicted molar refractivity (Wildman–Crippen MR) is 77.8 cm³/mol. The van der Waals surface area contributed by atoms with Crippen molar-refractivity contribution in [3.8, 4) is 0 Å². The molecule has 0 saturated heterocycles. The van der Waals surface area contributed by atoms with Gasteiger partial charge in [0.1, 0.15) is 0 Å². The molecule has 0 aliphatic heterocycles. The van der Waals surface area contributed by atoms with Gasteiger partial charge in [0.25, 0.3) is 0 Å². The van der Waals surface area contributed by atoms with E-state index < -0.39 is 9.84 Å². The minimum Gasteiger partial charge on any atom is -0.219 e. The van der Waals surface area contributed by atoms with Crippen LogP contribution in [0, 0.1) is 0 Å². The van der Waals surface area contributed by atoms with Crippen LogP contribution in [-0.4, -0.2) is 18.1 Å². The van der Waals surface area contributed by atoms with Crippen molar-refractivity contribution >= 4 is 44.0 Å². The Bertz CT molecular complexity index is 554. The molecule has 0 aromatic carbocycles. The molecule has 0 amide bonds. The molecule has 0 bridgehead atoms. The number of allylic oxidation sites excluding steroid dienone is 6. The average Bonchev–Trinajstić information content (AvgIpc) is 2.30. The maximum Gasteiger partial charge on any atom is 0.205 e. The van der Waals surface area contributed by atoms with Gasteiger partial charge in [-0.25, -0.2) is 8.42 Å². The second-order valence-corrected chi connectivity index (χ2v) is 6.72. The largest absolute Gasteiger partial charge is 0.219 e. The quantitative estimate of drug-likeness (QED) is 0.729. The van der Waals surface area contributed by atoms with Crippen molar-refractivity contribution in [1.82, 2.24) is 0 Å². The molecule has 5 heteroatoms. The van der Waals surface area contributed by atoms with Crippen LogP contribution in [0.1, 0.15) is 12.8 Å². The van der Waals surface area contributed by atoms with Crippen molar-refractivity contribution in [1.29, 1.82) is 0 Å². The molecule has 0 N–H and O–H groups in total. The van der Waals surface area contributed by atoms with Gasteiger partial charge in [0.05, 0.1) is 9.81 Å². The summed E-state index contributed by atoms with van der Waals surface area (Å²) in [5, 5.41) is 0. The summed E-state index contributed by atoms with van der Waals surface area (Å²) >= 11 is 9.96. The van der Waals surface area contributed by atoms with Crippen molar-refractivity contribution in [3.63, 3.8) is 0 Å². The van der Waals surface area contributed by atoms with Crippen LogP contribution in [0.2, 0.25) is 0 Å². The van der Waals surface area contributed by atoms with Crippen LogP contribution in [0.25, 0.3) is 0 Å². The second kappa shape index (κ2) is 4.76. The Morgan fingerprint density at radius 3 is 1.53 bits per heavy atom. The smallest absolute Gasteiger partial charge is 0.205 e. The summed E-state index contributed by atoms with van der Waals surface area (Å²) in [6.07, 6.45) is 10.8. The van der Waals surface area contributed by atoms with Crippen LogP contribution < -0.4 is 0 Å². The minimum absolute atomic E-state index is 0.315. The normalized spacial score (nSPS) is 20.2. The SMILES string of the molecule is O=S(=O)(C1=CCC(=S)C=C1)C1=CCC(=S)C=C1. The summed E-state index contributed by atoms with van der Waals surface area (Å²) in [5.74, 6) is 0. The maximum atomic E-state index is 12.2. The Labute approximate surface area is 111 Å². The summed E-state index contributed by atoms with van der Waals surface area (Å²) in [5.41, 5.74) is 0. The molecule has 2 aliphatic rings. The Morgan fingerprint density at radius 2 is 1.24 bits per heavy atom. The van der Waals surface area contributed by atoms with Gasteiger partial charge in [0.15, 0.2) is 0 Å². The molecule has 2 nitrogen and oxygen atoms in total. The van der Waals surface area contributed by atoms with E-state index in [-0.39, 0.29) is 0 Å². The zero-order chi connectivity index (χ0) is 12.5. The number of thiocarbonyl (C=S) groups is 2. The highest BCUT2D eigenvalue weighted by molar-refractivity contribution is 7.99. The van der Waals surface area contributed by atoms with Gasteiger partial charge in [-0.15, -0.1) is 0 Å². The second-order valence-electron chi connectivity index (χ2n) is 3.72. The molecule has 0 unspecified atom stereocenters. The highest BCUT2D eigenvalue weighted by Crippen LogP contribution is 2.25. The molecule has 2 aliphatic carbocycles. The van der Waals surface area contributed by atoms with E-state index in [2.05, 4.69) is 0 Å². The average molecular weight is 282 g/mol. The summed E-state index contributed by atoms with van der Waals surface area (Å²) < 4.78 is 24.5. The molecule has 0 aromatic rings. The van der Waals surface area contributed by atoms with E-state index >= 15 is 0 Å². The van der Waals surface area contributed by atoms with E-state index in [1.807, 2.05) is 0 Å².